The summed E-state index contributed by atoms with van der Waals surface area (Å²) < 4.78 is 5.46. The molecule has 1 aromatic heterocycles. The number of amides is 1. The molecule has 1 aliphatic heterocycles. The number of carbonyl (C=O) groups is 2. The Hall–Kier alpha value is -3.93. The van der Waals surface area contributed by atoms with E-state index >= 15 is 0 Å². The molecule has 3 aromatic rings. The van der Waals surface area contributed by atoms with Crippen LogP contribution >= 0.6 is 0 Å². The molecule has 6 heteroatoms. The monoisotopic (exact) mass is 428 g/mol. The number of hydrogen-bond acceptors (Lipinski definition) is 5. The lowest BCUT2D eigenvalue weighted by Crippen LogP contribution is -2.29. The maximum absolute atomic E-state index is 13.2. The Morgan fingerprint density at radius 3 is 2.22 bits per heavy atom. The fourth-order valence-corrected chi connectivity index (χ4v) is 4.08. The molecule has 6 nitrogen and oxygen atoms in total. The van der Waals surface area contributed by atoms with E-state index < -0.39 is 17.7 Å². The van der Waals surface area contributed by atoms with Crippen LogP contribution in [-0.4, -0.2) is 28.4 Å². The molecular weight excluding hydrogens is 404 g/mol. The molecular formula is C26H24N2O4. The van der Waals surface area contributed by atoms with Crippen LogP contribution in [0.2, 0.25) is 0 Å². The third-order valence-corrected chi connectivity index (χ3v) is 5.39. The van der Waals surface area contributed by atoms with E-state index in [1.54, 1.807) is 48.8 Å². The summed E-state index contributed by atoms with van der Waals surface area (Å²) in [5.41, 5.74) is 3.72. The second-order valence-corrected chi connectivity index (χ2v) is 7.75. The normalized spacial score (nSPS) is 17.6. The predicted octanol–water partition coefficient (Wildman–Crippen LogP) is 4.72. The number of carbonyl (C=O) groups excluding carboxylic acids is 2. The van der Waals surface area contributed by atoms with Crippen molar-refractivity contribution in [1.82, 2.24) is 4.98 Å². The number of nitrogens with zero attached hydrogens (tertiary/aromatic N) is 2. The lowest BCUT2D eigenvalue weighted by atomic mass is 9.95. The first kappa shape index (κ1) is 21.3. The number of ether oxygens (including phenoxy) is 1. The molecule has 0 radical (unpaired) electrons. The van der Waals surface area contributed by atoms with Gasteiger partial charge in [0.1, 0.15) is 11.5 Å². The molecule has 2 aromatic carbocycles. The summed E-state index contributed by atoms with van der Waals surface area (Å²) in [4.78, 5) is 31.9. The molecule has 0 bridgehead atoms. The Morgan fingerprint density at radius 1 is 1.00 bits per heavy atom. The van der Waals surface area contributed by atoms with E-state index in [2.05, 4.69) is 4.98 Å². The number of ketones is 1. The van der Waals surface area contributed by atoms with Crippen molar-refractivity contribution < 1.29 is 19.4 Å². The van der Waals surface area contributed by atoms with Crippen LogP contribution in [0.4, 0.5) is 5.69 Å². The number of pyridine rings is 1. The van der Waals surface area contributed by atoms with Crippen molar-refractivity contribution in [2.45, 2.75) is 26.8 Å². The van der Waals surface area contributed by atoms with E-state index in [0.717, 1.165) is 11.1 Å². The highest BCUT2D eigenvalue weighted by molar-refractivity contribution is 6.51. The first-order valence-corrected chi connectivity index (χ1v) is 10.4. The van der Waals surface area contributed by atoms with Crippen LogP contribution in [0, 0.1) is 13.8 Å². The van der Waals surface area contributed by atoms with Crippen molar-refractivity contribution in [3.8, 4) is 5.75 Å². The summed E-state index contributed by atoms with van der Waals surface area (Å²) in [5.74, 6) is -0.966. The van der Waals surface area contributed by atoms with E-state index in [0.29, 0.717) is 29.2 Å². The van der Waals surface area contributed by atoms with Crippen molar-refractivity contribution in [2.75, 3.05) is 11.5 Å². The van der Waals surface area contributed by atoms with Crippen LogP contribution in [-0.2, 0) is 9.59 Å². The first-order valence-electron chi connectivity index (χ1n) is 10.4. The van der Waals surface area contributed by atoms with Gasteiger partial charge in [-0.05, 0) is 86.0 Å². The number of hydrogen-bond donors (Lipinski definition) is 1. The van der Waals surface area contributed by atoms with Crippen molar-refractivity contribution in [1.29, 1.82) is 0 Å². The number of aliphatic hydroxyl groups excluding tert-OH is 1. The highest BCUT2D eigenvalue weighted by atomic mass is 16.5. The Bertz CT molecular complexity index is 1180. The third kappa shape index (κ3) is 3.87. The number of rotatable bonds is 5. The van der Waals surface area contributed by atoms with Gasteiger partial charge < -0.3 is 9.84 Å². The van der Waals surface area contributed by atoms with Gasteiger partial charge in [0.15, 0.2) is 0 Å². The van der Waals surface area contributed by atoms with Crippen LogP contribution in [0.15, 0.2) is 72.6 Å². The Labute approximate surface area is 186 Å². The summed E-state index contributed by atoms with van der Waals surface area (Å²) in [6.07, 6.45) is 3.21. The van der Waals surface area contributed by atoms with Crippen molar-refractivity contribution in [3.63, 3.8) is 0 Å². The Kier molecular flexibility index (Phi) is 5.77. The Morgan fingerprint density at radius 2 is 1.62 bits per heavy atom. The smallest absolute Gasteiger partial charge is 0.300 e. The number of aliphatic hydroxyl groups is 1. The van der Waals surface area contributed by atoms with Crippen molar-refractivity contribution >= 4 is 23.1 Å². The quantitative estimate of drug-likeness (QED) is 0.361. The number of Topliss-reactive ketones (excluding diaryl/α,β-unsaturated/α-hetero) is 1. The largest absolute Gasteiger partial charge is 0.507 e. The van der Waals surface area contributed by atoms with Gasteiger partial charge in [-0.15, -0.1) is 0 Å². The number of aryl methyl sites for hydroxylation is 2. The number of anilines is 1. The van der Waals surface area contributed by atoms with Crippen LogP contribution in [0.5, 0.6) is 5.75 Å². The SMILES string of the molecule is CCOc1ccc(/C(O)=C2\C(=O)C(=O)N(c3cc(C)cc(C)c3)C2c2ccncc2)cc1. The predicted molar refractivity (Wildman–Crippen MR) is 123 cm³/mol. The summed E-state index contributed by atoms with van der Waals surface area (Å²) in [5, 5.41) is 11.2. The molecule has 1 fully saturated rings. The van der Waals surface area contributed by atoms with Gasteiger partial charge in [0, 0.05) is 23.6 Å². The zero-order chi connectivity index (χ0) is 22.8. The zero-order valence-electron chi connectivity index (χ0n) is 18.2. The molecule has 0 aliphatic carbocycles. The van der Waals surface area contributed by atoms with Gasteiger partial charge in [-0.1, -0.05) is 6.07 Å². The van der Waals surface area contributed by atoms with Gasteiger partial charge in [0.25, 0.3) is 11.7 Å². The van der Waals surface area contributed by atoms with Gasteiger partial charge in [-0.25, -0.2) is 0 Å². The lowest BCUT2D eigenvalue weighted by molar-refractivity contribution is -0.132. The third-order valence-electron chi connectivity index (χ3n) is 5.39. The van der Waals surface area contributed by atoms with E-state index in [1.807, 2.05) is 39.0 Å². The van der Waals surface area contributed by atoms with Gasteiger partial charge in [0.05, 0.1) is 18.2 Å². The number of aromatic nitrogens is 1. The summed E-state index contributed by atoms with van der Waals surface area (Å²) in [6.45, 7) is 6.29. The molecule has 32 heavy (non-hydrogen) atoms. The molecule has 0 spiro atoms. The topological polar surface area (TPSA) is 79.7 Å². The average Bonchev–Trinajstić information content (AvgIpc) is 3.05. The molecule has 1 aliphatic rings. The molecule has 2 heterocycles. The standard InChI is InChI=1S/C26H24N2O4/c1-4-32-21-7-5-19(6-8-21)24(29)22-23(18-9-11-27-12-10-18)28(26(31)25(22)30)20-14-16(2)13-17(3)15-20/h5-15,23,29H,4H2,1-3H3/b24-22+. The minimum atomic E-state index is -0.772. The van der Waals surface area contributed by atoms with Crippen LogP contribution in [0.1, 0.15) is 35.2 Å². The van der Waals surface area contributed by atoms with Crippen molar-refractivity contribution in [2.24, 2.45) is 0 Å². The van der Waals surface area contributed by atoms with Crippen LogP contribution in [0.3, 0.4) is 0 Å². The fourth-order valence-electron chi connectivity index (χ4n) is 4.08. The highest BCUT2D eigenvalue weighted by Crippen LogP contribution is 2.42. The average molecular weight is 428 g/mol. The maximum atomic E-state index is 13.2. The molecule has 1 unspecified atom stereocenters. The summed E-state index contributed by atoms with van der Waals surface area (Å²) in [7, 11) is 0. The first-order chi connectivity index (χ1) is 15.4. The zero-order valence-corrected chi connectivity index (χ0v) is 18.2. The Balaban J connectivity index is 1.90. The minimum Gasteiger partial charge on any atom is -0.507 e. The molecule has 1 atom stereocenters. The summed E-state index contributed by atoms with van der Waals surface area (Å²) >= 11 is 0. The lowest BCUT2D eigenvalue weighted by Gasteiger charge is -2.26. The minimum absolute atomic E-state index is 0.0459. The van der Waals surface area contributed by atoms with Crippen molar-refractivity contribution in [3.05, 3.63) is 94.8 Å². The van der Waals surface area contributed by atoms with E-state index in [1.165, 1.54) is 4.90 Å². The molecule has 0 saturated carbocycles. The maximum Gasteiger partial charge on any atom is 0.300 e. The second kappa shape index (κ2) is 8.67. The molecule has 4 rings (SSSR count). The fraction of sp³-hybridized carbons (Fsp3) is 0.192. The summed E-state index contributed by atoms with van der Waals surface area (Å²) in [6, 6.07) is 15.2. The molecule has 1 saturated heterocycles. The van der Waals surface area contributed by atoms with Gasteiger partial charge >= 0.3 is 0 Å². The van der Waals surface area contributed by atoms with Gasteiger partial charge in [-0.2, -0.15) is 0 Å². The second-order valence-electron chi connectivity index (χ2n) is 7.75. The molecule has 162 valence electrons. The van der Waals surface area contributed by atoms with Crippen LogP contribution in [0.25, 0.3) is 5.76 Å². The van der Waals surface area contributed by atoms with E-state index in [-0.39, 0.29) is 11.3 Å². The van der Waals surface area contributed by atoms with E-state index in [9.17, 15) is 14.7 Å². The van der Waals surface area contributed by atoms with Crippen LogP contribution < -0.4 is 9.64 Å². The highest BCUT2D eigenvalue weighted by Gasteiger charge is 2.47. The number of benzene rings is 2. The van der Waals surface area contributed by atoms with Gasteiger partial charge in [-0.3, -0.25) is 19.5 Å². The van der Waals surface area contributed by atoms with E-state index in [4.69, 9.17) is 4.74 Å². The van der Waals surface area contributed by atoms with Gasteiger partial charge in [0.2, 0.25) is 0 Å². The molecule has 1 amide bonds. The molecule has 1 N–H and O–H groups in total.